The number of likely N-dealkylation sites (tertiary alicyclic amines) is 1. The van der Waals surface area contributed by atoms with Crippen molar-refractivity contribution in [3.05, 3.63) is 0 Å². The van der Waals surface area contributed by atoms with Crippen molar-refractivity contribution in [2.45, 2.75) is 19.8 Å². The quantitative estimate of drug-likeness (QED) is 0.753. The maximum absolute atomic E-state index is 11.8. The summed E-state index contributed by atoms with van der Waals surface area (Å²) in [5.41, 5.74) is 0. The van der Waals surface area contributed by atoms with Gasteiger partial charge in [0.2, 0.25) is 5.91 Å². The molecule has 100 valence electrons. The van der Waals surface area contributed by atoms with Crippen molar-refractivity contribution in [1.82, 2.24) is 13.9 Å². The largest absolute Gasteiger partial charge is 0.341 e. The lowest BCUT2D eigenvalue weighted by Gasteiger charge is -2.31. The lowest BCUT2D eigenvalue weighted by atomic mass is 10.0. The van der Waals surface area contributed by atoms with Crippen LogP contribution in [0.25, 0.3) is 0 Å². The van der Waals surface area contributed by atoms with Crippen molar-refractivity contribution in [2.75, 3.05) is 33.7 Å². The van der Waals surface area contributed by atoms with Crippen molar-refractivity contribution in [2.24, 2.45) is 5.92 Å². The zero-order chi connectivity index (χ0) is 13.1. The van der Waals surface area contributed by atoms with Gasteiger partial charge in [0.05, 0.1) is 6.54 Å². The standard InChI is InChI=1S/C10H21N3O3S/c1-9-5-4-6-13(8-9)10(14)7-11-17(15,16)12(2)3/h9,11H,4-8H2,1-3H3. The van der Waals surface area contributed by atoms with Gasteiger partial charge >= 0.3 is 0 Å². The van der Waals surface area contributed by atoms with Crippen LogP contribution in [0.2, 0.25) is 0 Å². The first-order valence-electron chi connectivity index (χ1n) is 5.78. The first-order chi connectivity index (χ1) is 7.83. The minimum atomic E-state index is -3.51. The van der Waals surface area contributed by atoms with Gasteiger partial charge in [0.1, 0.15) is 0 Å². The van der Waals surface area contributed by atoms with E-state index < -0.39 is 10.2 Å². The fourth-order valence-electron chi connectivity index (χ4n) is 1.81. The summed E-state index contributed by atoms with van der Waals surface area (Å²) in [6.45, 7) is 3.39. The van der Waals surface area contributed by atoms with Gasteiger partial charge in [0.25, 0.3) is 10.2 Å². The van der Waals surface area contributed by atoms with E-state index in [0.717, 1.165) is 30.2 Å². The van der Waals surface area contributed by atoms with Crippen molar-refractivity contribution in [3.8, 4) is 0 Å². The molecule has 0 aromatic carbocycles. The highest BCUT2D eigenvalue weighted by Crippen LogP contribution is 2.15. The second kappa shape index (κ2) is 5.79. The van der Waals surface area contributed by atoms with Crippen LogP contribution in [0, 0.1) is 5.92 Å². The molecule has 1 aliphatic heterocycles. The normalized spacial score (nSPS) is 21.9. The molecular formula is C10H21N3O3S. The van der Waals surface area contributed by atoms with Gasteiger partial charge in [-0.3, -0.25) is 4.79 Å². The molecule has 7 heteroatoms. The monoisotopic (exact) mass is 263 g/mol. The number of rotatable bonds is 4. The zero-order valence-electron chi connectivity index (χ0n) is 10.6. The number of nitrogens with one attached hydrogen (secondary N) is 1. The average Bonchev–Trinajstić information content (AvgIpc) is 2.25. The molecule has 1 saturated heterocycles. The van der Waals surface area contributed by atoms with E-state index in [0.29, 0.717) is 5.92 Å². The summed E-state index contributed by atoms with van der Waals surface area (Å²) in [5.74, 6) is 0.347. The van der Waals surface area contributed by atoms with E-state index >= 15 is 0 Å². The van der Waals surface area contributed by atoms with Crippen LogP contribution >= 0.6 is 0 Å². The lowest BCUT2D eigenvalue weighted by molar-refractivity contribution is -0.131. The predicted octanol–water partition coefficient (Wildman–Crippen LogP) is -0.359. The second-order valence-corrected chi connectivity index (χ2v) is 6.66. The van der Waals surface area contributed by atoms with Crippen molar-refractivity contribution in [1.29, 1.82) is 0 Å². The van der Waals surface area contributed by atoms with E-state index in [4.69, 9.17) is 0 Å². The Balaban J connectivity index is 2.45. The Bertz CT molecular complexity index is 367. The molecule has 6 nitrogen and oxygen atoms in total. The Morgan fingerprint density at radius 3 is 2.65 bits per heavy atom. The number of hydrogen-bond acceptors (Lipinski definition) is 3. The number of nitrogens with zero attached hydrogens (tertiary/aromatic N) is 2. The molecule has 0 spiro atoms. The summed E-state index contributed by atoms with van der Waals surface area (Å²) >= 11 is 0. The third-order valence-corrected chi connectivity index (χ3v) is 4.37. The summed E-state index contributed by atoms with van der Waals surface area (Å²) in [7, 11) is -0.657. The zero-order valence-corrected chi connectivity index (χ0v) is 11.5. The van der Waals surface area contributed by atoms with Gasteiger partial charge in [0, 0.05) is 27.2 Å². The van der Waals surface area contributed by atoms with Gasteiger partial charge in [-0.15, -0.1) is 0 Å². The Hall–Kier alpha value is -0.660. The molecule has 1 rings (SSSR count). The Morgan fingerprint density at radius 1 is 1.47 bits per heavy atom. The van der Waals surface area contributed by atoms with Crippen molar-refractivity contribution in [3.63, 3.8) is 0 Å². The average molecular weight is 263 g/mol. The maximum atomic E-state index is 11.8. The molecule has 1 atom stereocenters. The van der Waals surface area contributed by atoms with Crippen LogP contribution in [0.15, 0.2) is 0 Å². The van der Waals surface area contributed by atoms with Crippen LogP contribution in [0.3, 0.4) is 0 Å². The second-order valence-electron chi connectivity index (χ2n) is 4.70. The van der Waals surface area contributed by atoms with E-state index in [1.807, 2.05) is 0 Å². The molecule has 1 heterocycles. The van der Waals surface area contributed by atoms with E-state index in [1.165, 1.54) is 14.1 Å². The first-order valence-corrected chi connectivity index (χ1v) is 7.22. The molecule has 0 aromatic heterocycles. The van der Waals surface area contributed by atoms with Gasteiger partial charge in [-0.25, -0.2) is 0 Å². The molecule has 1 N–H and O–H groups in total. The highest BCUT2D eigenvalue weighted by Gasteiger charge is 2.22. The van der Waals surface area contributed by atoms with Gasteiger partial charge in [0.15, 0.2) is 0 Å². The third kappa shape index (κ3) is 4.25. The van der Waals surface area contributed by atoms with Crippen LogP contribution < -0.4 is 4.72 Å². The molecule has 1 amide bonds. The maximum Gasteiger partial charge on any atom is 0.279 e. The molecule has 1 unspecified atom stereocenters. The Kier molecular flexibility index (Phi) is 4.91. The van der Waals surface area contributed by atoms with E-state index in [1.54, 1.807) is 4.90 Å². The number of carbonyl (C=O) groups excluding carboxylic acids is 1. The summed E-state index contributed by atoms with van der Waals surface area (Å²) < 4.78 is 26.2. The van der Waals surface area contributed by atoms with E-state index in [9.17, 15) is 13.2 Å². The van der Waals surface area contributed by atoms with Crippen LogP contribution in [0.1, 0.15) is 19.8 Å². The number of hydrogen-bond donors (Lipinski definition) is 1. The summed E-state index contributed by atoms with van der Waals surface area (Å²) in [4.78, 5) is 13.5. The fourth-order valence-corrected chi connectivity index (χ4v) is 2.37. The van der Waals surface area contributed by atoms with Gasteiger partial charge in [-0.05, 0) is 18.8 Å². The molecule has 1 aliphatic rings. The minimum Gasteiger partial charge on any atom is -0.341 e. The molecule has 1 fully saturated rings. The molecule has 0 aromatic rings. The summed E-state index contributed by atoms with van der Waals surface area (Å²) in [6, 6.07) is 0. The summed E-state index contributed by atoms with van der Waals surface area (Å²) in [6.07, 6.45) is 2.13. The van der Waals surface area contributed by atoms with E-state index in [2.05, 4.69) is 11.6 Å². The van der Waals surface area contributed by atoms with Crippen LogP contribution in [0.4, 0.5) is 0 Å². The highest BCUT2D eigenvalue weighted by molar-refractivity contribution is 7.87. The lowest BCUT2D eigenvalue weighted by Crippen LogP contribution is -2.46. The molecular weight excluding hydrogens is 242 g/mol. The molecule has 0 saturated carbocycles. The Morgan fingerprint density at radius 2 is 2.12 bits per heavy atom. The number of amides is 1. The van der Waals surface area contributed by atoms with Gasteiger partial charge in [-0.2, -0.15) is 17.4 Å². The first kappa shape index (κ1) is 14.4. The minimum absolute atomic E-state index is 0.151. The predicted molar refractivity (Wildman–Crippen MR) is 65.6 cm³/mol. The van der Waals surface area contributed by atoms with Crippen LogP contribution in [-0.2, 0) is 15.0 Å². The van der Waals surface area contributed by atoms with E-state index in [-0.39, 0.29) is 12.5 Å². The van der Waals surface area contributed by atoms with Gasteiger partial charge in [-0.1, -0.05) is 6.92 Å². The number of piperidine rings is 1. The van der Waals surface area contributed by atoms with Crippen molar-refractivity contribution >= 4 is 16.1 Å². The molecule has 0 bridgehead atoms. The molecule has 0 aliphatic carbocycles. The van der Waals surface area contributed by atoms with Gasteiger partial charge < -0.3 is 4.90 Å². The van der Waals surface area contributed by atoms with Crippen LogP contribution in [-0.4, -0.2) is 57.3 Å². The van der Waals surface area contributed by atoms with Crippen molar-refractivity contribution < 1.29 is 13.2 Å². The topological polar surface area (TPSA) is 69.7 Å². The SMILES string of the molecule is CC1CCCN(C(=O)CNS(=O)(=O)N(C)C)C1. The molecule has 0 radical (unpaired) electrons. The fraction of sp³-hybridized carbons (Fsp3) is 0.900. The summed E-state index contributed by atoms with van der Waals surface area (Å²) in [5, 5.41) is 0. The highest BCUT2D eigenvalue weighted by atomic mass is 32.2. The molecule has 17 heavy (non-hydrogen) atoms. The van der Waals surface area contributed by atoms with Crippen LogP contribution in [0.5, 0.6) is 0 Å². The smallest absolute Gasteiger partial charge is 0.279 e. The number of carbonyl (C=O) groups is 1. The third-order valence-electron chi connectivity index (χ3n) is 2.90. The Labute approximate surface area is 103 Å².